The van der Waals surface area contributed by atoms with Gasteiger partial charge in [0, 0.05) is 24.9 Å². The lowest BCUT2D eigenvalue weighted by atomic mass is 9.85. The number of aromatic nitrogens is 5. The third-order valence-electron chi connectivity index (χ3n) is 4.95. The molecule has 2 aromatic heterocycles. The van der Waals surface area contributed by atoms with Gasteiger partial charge in [0.2, 0.25) is 0 Å². The minimum Gasteiger partial charge on any atom is -0.309 e. The van der Waals surface area contributed by atoms with Crippen molar-refractivity contribution in [3.8, 4) is 11.5 Å². The van der Waals surface area contributed by atoms with Gasteiger partial charge in [0.1, 0.15) is 11.5 Å². The summed E-state index contributed by atoms with van der Waals surface area (Å²) in [6, 6.07) is 7.65. The van der Waals surface area contributed by atoms with E-state index in [1.807, 2.05) is 31.2 Å². The highest BCUT2D eigenvalue weighted by Crippen LogP contribution is 2.33. The number of rotatable bonds is 3. The van der Waals surface area contributed by atoms with Crippen LogP contribution < -0.4 is 5.56 Å². The molecule has 0 atom stereocenters. The Morgan fingerprint density at radius 1 is 1.16 bits per heavy atom. The van der Waals surface area contributed by atoms with Crippen LogP contribution in [0.5, 0.6) is 0 Å². The fraction of sp³-hybridized carbons (Fsp3) is 0.474. The fourth-order valence-corrected chi connectivity index (χ4v) is 3.58. The second-order valence-corrected chi connectivity index (χ2v) is 7.61. The van der Waals surface area contributed by atoms with Crippen LogP contribution in [0.1, 0.15) is 39.4 Å². The third kappa shape index (κ3) is 2.65. The van der Waals surface area contributed by atoms with Gasteiger partial charge in [0.05, 0.1) is 5.39 Å². The Labute approximate surface area is 146 Å². The Kier molecular flexibility index (Phi) is 3.71. The molecule has 3 heterocycles. The summed E-state index contributed by atoms with van der Waals surface area (Å²) in [6.45, 7) is 8.05. The highest BCUT2D eigenvalue weighted by Gasteiger charge is 2.30. The second kappa shape index (κ2) is 5.79. The molecule has 6 heteroatoms. The monoisotopic (exact) mass is 337 g/mol. The normalized spacial score (nSPS) is 16.1. The van der Waals surface area contributed by atoms with Crippen molar-refractivity contribution in [1.29, 1.82) is 0 Å². The first-order chi connectivity index (χ1) is 12.0. The summed E-state index contributed by atoms with van der Waals surface area (Å²) in [5.74, 6) is 1.78. The van der Waals surface area contributed by atoms with Crippen LogP contribution in [0.15, 0.2) is 29.1 Å². The van der Waals surface area contributed by atoms with Gasteiger partial charge in [0.15, 0.2) is 5.82 Å². The van der Waals surface area contributed by atoms with Crippen molar-refractivity contribution in [3.63, 3.8) is 0 Å². The summed E-state index contributed by atoms with van der Waals surface area (Å²) in [7, 11) is 0. The van der Waals surface area contributed by atoms with Crippen LogP contribution in [0.3, 0.4) is 0 Å². The molecule has 0 saturated heterocycles. The topological polar surface area (TPSA) is 65.6 Å². The average molecular weight is 337 g/mol. The molecule has 1 aliphatic heterocycles. The minimum absolute atomic E-state index is 0.0417. The number of hydrogen-bond donors (Lipinski definition) is 0. The summed E-state index contributed by atoms with van der Waals surface area (Å²) >= 11 is 0. The number of aryl methyl sites for hydroxylation is 2. The van der Waals surface area contributed by atoms with Crippen LogP contribution >= 0.6 is 0 Å². The molecule has 130 valence electrons. The van der Waals surface area contributed by atoms with E-state index in [0.717, 1.165) is 48.5 Å². The predicted molar refractivity (Wildman–Crippen MR) is 97.4 cm³/mol. The Morgan fingerprint density at radius 2 is 1.92 bits per heavy atom. The van der Waals surface area contributed by atoms with Crippen molar-refractivity contribution in [2.24, 2.45) is 5.41 Å². The van der Waals surface area contributed by atoms with Gasteiger partial charge in [0.25, 0.3) is 5.56 Å². The highest BCUT2D eigenvalue weighted by atomic mass is 16.1. The van der Waals surface area contributed by atoms with Crippen molar-refractivity contribution < 1.29 is 0 Å². The van der Waals surface area contributed by atoms with Gasteiger partial charge in [-0.05, 0) is 24.3 Å². The van der Waals surface area contributed by atoms with E-state index in [2.05, 4.69) is 33.7 Å². The summed E-state index contributed by atoms with van der Waals surface area (Å²) < 4.78 is 3.74. The number of benzene rings is 1. The molecule has 1 aliphatic rings. The van der Waals surface area contributed by atoms with E-state index in [4.69, 9.17) is 0 Å². The molecule has 0 spiro atoms. The van der Waals surface area contributed by atoms with Crippen molar-refractivity contribution in [1.82, 2.24) is 24.5 Å². The fourth-order valence-electron chi connectivity index (χ4n) is 3.58. The zero-order valence-corrected chi connectivity index (χ0v) is 15.0. The maximum absolute atomic E-state index is 12.7. The smallest absolute Gasteiger partial charge is 0.274 e. The maximum Gasteiger partial charge on any atom is 0.274 e. The predicted octanol–water partition coefficient (Wildman–Crippen LogP) is 3.04. The molecule has 0 amide bonds. The zero-order valence-electron chi connectivity index (χ0n) is 15.0. The molecule has 0 N–H and O–H groups in total. The van der Waals surface area contributed by atoms with Crippen molar-refractivity contribution >= 4 is 10.8 Å². The van der Waals surface area contributed by atoms with Crippen molar-refractivity contribution in [2.75, 3.05) is 0 Å². The molecule has 0 bridgehead atoms. The summed E-state index contributed by atoms with van der Waals surface area (Å²) in [4.78, 5) is 12.7. The molecule has 0 aliphatic carbocycles. The Bertz CT molecular complexity index is 999. The van der Waals surface area contributed by atoms with Crippen molar-refractivity contribution in [2.45, 2.75) is 53.1 Å². The highest BCUT2D eigenvalue weighted by molar-refractivity contribution is 5.92. The lowest BCUT2D eigenvalue weighted by Gasteiger charge is -2.30. The Hall–Kier alpha value is -2.50. The molecule has 4 rings (SSSR count). The molecule has 0 radical (unpaired) electrons. The molecule has 0 fully saturated rings. The summed E-state index contributed by atoms with van der Waals surface area (Å²) in [6.07, 6.45) is 2.89. The third-order valence-corrected chi connectivity index (χ3v) is 4.95. The molecular weight excluding hydrogens is 314 g/mol. The van der Waals surface area contributed by atoms with Gasteiger partial charge in [-0.1, -0.05) is 39.0 Å². The van der Waals surface area contributed by atoms with Gasteiger partial charge in [-0.2, -0.15) is 5.10 Å². The lowest BCUT2D eigenvalue weighted by Crippen LogP contribution is -2.28. The van der Waals surface area contributed by atoms with Crippen LogP contribution in [0.2, 0.25) is 0 Å². The lowest BCUT2D eigenvalue weighted by molar-refractivity contribution is 0.248. The Morgan fingerprint density at radius 3 is 2.68 bits per heavy atom. The molecule has 0 saturated carbocycles. The van der Waals surface area contributed by atoms with E-state index >= 15 is 0 Å². The summed E-state index contributed by atoms with van der Waals surface area (Å²) in [5, 5.41) is 15.0. The van der Waals surface area contributed by atoms with E-state index in [1.165, 1.54) is 0 Å². The van der Waals surface area contributed by atoms with Crippen LogP contribution in [-0.2, 0) is 19.5 Å². The van der Waals surface area contributed by atoms with Gasteiger partial charge in [-0.25, -0.2) is 4.68 Å². The quantitative estimate of drug-likeness (QED) is 0.737. The number of nitrogens with zero attached hydrogens (tertiary/aromatic N) is 5. The number of fused-ring (bicyclic) bond motifs is 2. The van der Waals surface area contributed by atoms with Gasteiger partial charge in [-0.3, -0.25) is 4.79 Å². The van der Waals surface area contributed by atoms with E-state index in [9.17, 15) is 4.79 Å². The first kappa shape index (κ1) is 16.0. The van der Waals surface area contributed by atoms with E-state index in [1.54, 1.807) is 4.68 Å². The van der Waals surface area contributed by atoms with Gasteiger partial charge >= 0.3 is 0 Å². The zero-order chi connectivity index (χ0) is 17.6. The minimum atomic E-state index is -0.0417. The van der Waals surface area contributed by atoms with Crippen LogP contribution in [-0.4, -0.2) is 24.5 Å². The standard InChI is InChI=1S/C19H23N5O/c1-4-11-24-18(25)14-8-6-5-7-13(14)16(22-24)17-21-20-15-9-10-19(2,3)12-23(15)17/h5-8H,4,9-12H2,1-3H3. The van der Waals surface area contributed by atoms with Crippen LogP contribution in [0, 0.1) is 5.41 Å². The van der Waals surface area contributed by atoms with Gasteiger partial charge < -0.3 is 4.57 Å². The summed E-state index contributed by atoms with van der Waals surface area (Å²) in [5.41, 5.74) is 0.914. The molecular formula is C19H23N5O. The molecule has 3 aromatic rings. The Balaban J connectivity index is 1.98. The van der Waals surface area contributed by atoms with Crippen molar-refractivity contribution in [3.05, 3.63) is 40.4 Å². The van der Waals surface area contributed by atoms with E-state index < -0.39 is 0 Å². The SMILES string of the molecule is CCCn1nc(-c2nnc3n2CC(C)(C)CC3)c2ccccc2c1=O. The largest absolute Gasteiger partial charge is 0.309 e. The van der Waals surface area contributed by atoms with E-state index in [0.29, 0.717) is 11.9 Å². The first-order valence-corrected chi connectivity index (χ1v) is 8.92. The first-order valence-electron chi connectivity index (χ1n) is 8.92. The van der Waals surface area contributed by atoms with Gasteiger partial charge in [-0.15, -0.1) is 10.2 Å². The maximum atomic E-state index is 12.7. The molecule has 25 heavy (non-hydrogen) atoms. The van der Waals surface area contributed by atoms with Crippen LogP contribution in [0.4, 0.5) is 0 Å². The number of hydrogen-bond acceptors (Lipinski definition) is 4. The molecule has 0 unspecified atom stereocenters. The van der Waals surface area contributed by atoms with Crippen LogP contribution in [0.25, 0.3) is 22.3 Å². The molecule has 6 nitrogen and oxygen atoms in total. The molecule has 1 aromatic carbocycles. The average Bonchev–Trinajstić information content (AvgIpc) is 2.99. The second-order valence-electron chi connectivity index (χ2n) is 7.61. The van der Waals surface area contributed by atoms with E-state index in [-0.39, 0.29) is 11.0 Å².